The lowest BCUT2D eigenvalue weighted by molar-refractivity contribution is 0.0649. The molecule has 2 atom stereocenters. The van der Waals surface area contributed by atoms with Crippen LogP contribution in [0.15, 0.2) is 24.4 Å². The Labute approximate surface area is 204 Å². The molecule has 5 rings (SSSR count). The minimum absolute atomic E-state index is 0.402. The van der Waals surface area contributed by atoms with Crippen molar-refractivity contribution in [2.45, 2.75) is 45.1 Å². The molecule has 0 saturated carbocycles. The molecule has 0 radical (unpaired) electrons. The predicted molar refractivity (Wildman–Crippen MR) is 131 cm³/mol. The number of fused-ring (bicyclic) bond motifs is 1. The molecule has 182 valence electrons. The molecule has 3 aromatic rings. The summed E-state index contributed by atoms with van der Waals surface area (Å²) in [6.07, 6.45) is 7.85. The summed E-state index contributed by atoms with van der Waals surface area (Å²) >= 11 is 0. The van der Waals surface area contributed by atoms with Gasteiger partial charge in [0.15, 0.2) is 5.82 Å². The quantitative estimate of drug-likeness (QED) is 0.527. The molecule has 11 nitrogen and oxygen atoms in total. The Morgan fingerprint density at radius 1 is 1.20 bits per heavy atom. The molecule has 35 heavy (non-hydrogen) atoms. The van der Waals surface area contributed by atoms with Gasteiger partial charge in [0.25, 0.3) is 0 Å². The highest BCUT2D eigenvalue weighted by Crippen LogP contribution is 2.31. The number of piperidine rings is 2. The van der Waals surface area contributed by atoms with E-state index in [0.717, 1.165) is 12.2 Å². The van der Waals surface area contributed by atoms with E-state index < -0.39 is 0 Å². The van der Waals surface area contributed by atoms with Crippen molar-refractivity contribution in [1.82, 2.24) is 35.1 Å². The number of tetrazole rings is 1. The number of hydrogen-bond acceptors (Lipinski definition) is 10. The van der Waals surface area contributed by atoms with Crippen molar-refractivity contribution in [3.63, 3.8) is 0 Å². The van der Waals surface area contributed by atoms with Crippen LogP contribution in [0.5, 0.6) is 5.75 Å². The molecule has 0 spiro atoms. The van der Waals surface area contributed by atoms with Gasteiger partial charge in [0.2, 0.25) is 5.95 Å². The molecule has 2 aromatic heterocycles. The minimum Gasteiger partial charge on any atom is -0.494 e. The summed E-state index contributed by atoms with van der Waals surface area (Å²) in [7, 11) is 1.60. The molecule has 2 aliphatic heterocycles. The second kappa shape index (κ2) is 10.2. The van der Waals surface area contributed by atoms with Crippen LogP contribution in [0.3, 0.4) is 0 Å². The Morgan fingerprint density at radius 3 is 2.89 bits per heavy atom. The zero-order valence-corrected chi connectivity index (χ0v) is 20.1. The number of nitriles is 1. The largest absolute Gasteiger partial charge is 0.494 e. The van der Waals surface area contributed by atoms with Gasteiger partial charge in [0.1, 0.15) is 28.9 Å². The average molecular weight is 475 g/mol. The number of methoxy groups -OCH3 is 1. The normalized spacial score (nSPS) is 20.0. The molecule has 0 unspecified atom stereocenters. The van der Waals surface area contributed by atoms with E-state index >= 15 is 0 Å². The number of nitrogens with zero attached hydrogens (tertiary/aromatic N) is 8. The van der Waals surface area contributed by atoms with Crippen molar-refractivity contribution in [3.05, 3.63) is 35.8 Å². The van der Waals surface area contributed by atoms with Crippen molar-refractivity contribution < 1.29 is 4.74 Å². The average Bonchev–Trinajstić information content (AvgIpc) is 3.33. The van der Waals surface area contributed by atoms with Crippen molar-refractivity contribution in [2.75, 3.05) is 37.4 Å². The minimum atomic E-state index is 0.402. The lowest BCUT2D eigenvalue weighted by atomic mass is 9.83. The van der Waals surface area contributed by atoms with Gasteiger partial charge in [-0.2, -0.15) is 14.9 Å². The molecule has 2 saturated heterocycles. The number of aryl methyl sites for hydroxylation is 1. The van der Waals surface area contributed by atoms with Crippen LogP contribution in [0.1, 0.15) is 43.5 Å². The van der Waals surface area contributed by atoms with Gasteiger partial charge in [0, 0.05) is 18.3 Å². The Hall–Kier alpha value is -3.78. The summed E-state index contributed by atoms with van der Waals surface area (Å²) in [4.78, 5) is 11.6. The van der Waals surface area contributed by atoms with Gasteiger partial charge in [-0.25, -0.2) is 4.98 Å². The first-order valence-corrected chi connectivity index (χ1v) is 12.1. The smallest absolute Gasteiger partial charge is 0.229 e. The summed E-state index contributed by atoms with van der Waals surface area (Å²) in [6, 6.07) is 8.42. The summed E-state index contributed by atoms with van der Waals surface area (Å²) in [5.41, 5.74) is 1.88. The zero-order valence-electron chi connectivity index (χ0n) is 20.1. The van der Waals surface area contributed by atoms with Crippen molar-refractivity contribution in [2.24, 2.45) is 5.92 Å². The molecule has 1 aromatic carbocycles. The highest BCUT2D eigenvalue weighted by molar-refractivity contribution is 5.63. The highest BCUT2D eigenvalue weighted by atomic mass is 16.5. The first-order valence-electron chi connectivity index (χ1n) is 12.1. The van der Waals surface area contributed by atoms with E-state index in [1.165, 1.54) is 45.2 Å². The summed E-state index contributed by atoms with van der Waals surface area (Å²) < 4.78 is 7.09. The van der Waals surface area contributed by atoms with Gasteiger partial charge in [0.05, 0.1) is 13.3 Å². The van der Waals surface area contributed by atoms with Crippen LogP contribution in [0.2, 0.25) is 0 Å². The van der Waals surface area contributed by atoms with E-state index in [9.17, 15) is 5.26 Å². The first kappa shape index (κ1) is 23.0. The van der Waals surface area contributed by atoms with Crippen molar-refractivity contribution in [3.8, 4) is 17.5 Å². The summed E-state index contributed by atoms with van der Waals surface area (Å²) in [6.45, 7) is 5.04. The zero-order chi connectivity index (χ0) is 24.2. The second-order valence-electron chi connectivity index (χ2n) is 9.10. The van der Waals surface area contributed by atoms with Gasteiger partial charge < -0.3 is 20.3 Å². The number of nitrogens with one attached hydrogen (secondary N) is 2. The Kier molecular flexibility index (Phi) is 6.72. The van der Waals surface area contributed by atoms with Crippen LogP contribution in [-0.2, 0) is 0 Å². The molecule has 0 amide bonds. The maximum Gasteiger partial charge on any atom is 0.229 e. The van der Waals surface area contributed by atoms with Crippen molar-refractivity contribution >= 4 is 17.5 Å². The maximum absolute atomic E-state index is 9.62. The number of anilines is 3. The van der Waals surface area contributed by atoms with E-state index in [0.29, 0.717) is 46.6 Å². The fraction of sp³-hybridized carbons (Fsp3) is 0.500. The van der Waals surface area contributed by atoms with E-state index in [2.05, 4.69) is 47.1 Å². The highest BCUT2D eigenvalue weighted by Gasteiger charge is 2.32. The van der Waals surface area contributed by atoms with Crippen LogP contribution in [0.25, 0.3) is 5.69 Å². The maximum atomic E-state index is 9.62. The fourth-order valence-electron chi connectivity index (χ4n) is 5.22. The number of aromatic nitrogens is 6. The molecular weight excluding hydrogens is 444 g/mol. The SMILES string of the molecule is COc1ccc(Nc2ncc(C#N)c(NC[C@@H]3CCCN4CCCC[C@H]34)n2)cc1-n1nnnc1C. The third kappa shape index (κ3) is 4.88. The standard InChI is InChI=1S/C24H30N10O/c1-16-30-31-32-34(16)21-12-19(8-9-22(21)35-2)28-24-27-15-18(13-25)23(29-24)26-14-17-6-5-11-33-10-4-3-7-20(17)33/h8-9,12,15,17,20H,3-7,10-11,14H2,1-2H3,(H2,26,27,28,29)/t17-,20+/m0/s1. The van der Waals surface area contributed by atoms with Gasteiger partial charge in [-0.05, 0) is 80.2 Å². The van der Waals surface area contributed by atoms with E-state index in [1.54, 1.807) is 18.0 Å². The molecule has 2 fully saturated rings. The lowest BCUT2D eigenvalue weighted by Crippen LogP contribution is -2.49. The van der Waals surface area contributed by atoms with Crippen LogP contribution >= 0.6 is 0 Å². The van der Waals surface area contributed by atoms with Crippen LogP contribution in [0.4, 0.5) is 17.5 Å². The molecule has 4 heterocycles. The monoisotopic (exact) mass is 474 g/mol. The molecule has 0 aliphatic carbocycles. The van der Waals surface area contributed by atoms with Crippen LogP contribution in [0, 0.1) is 24.2 Å². The number of benzene rings is 1. The van der Waals surface area contributed by atoms with Gasteiger partial charge >= 0.3 is 0 Å². The number of hydrogen-bond donors (Lipinski definition) is 2. The third-order valence-electron chi connectivity index (χ3n) is 6.96. The van der Waals surface area contributed by atoms with Gasteiger partial charge in [-0.15, -0.1) is 5.10 Å². The Bertz CT molecular complexity index is 1220. The molecule has 2 aliphatic rings. The van der Waals surface area contributed by atoms with Gasteiger partial charge in [-0.3, -0.25) is 0 Å². The molecular formula is C24H30N10O. The topological polar surface area (TPSA) is 130 Å². The van der Waals surface area contributed by atoms with E-state index in [1.807, 2.05) is 25.1 Å². The third-order valence-corrected chi connectivity index (χ3v) is 6.96. The van der Waals surface area contributed by atoms with E-state index in [4.69, 9.17) is 4.74 Å². The summed E-state index contributed by atoms with van der Waals surface area (Å²) in [5.74, 6) is 2.80. The fourth-order valence-corrected chi connectivity index (χ4v) is 5.22. The number of ether oxygens (including phenoxy) is 1. The van der Waals surface area contributed by atoms with E-state index in [-0.39, 0.29) is 0 Å². The molecule has 0 bridgehead atoms. The Balaban J connectivity index is 1.34. The lowest BCUT2D eigenvalue weighted by Gasteiger charge is -2.44. The van der Waals surface area contributed by atoms with Gasteiger partial charge in [-0.1, -0.05) is 6.42 Å². The predicted octanol–water partition coefficient (Wildman–Crippen LogP) is 3.06. The second-order valence-corrected chi connectivity index (χ2v) is 9.10. The van der Waals surface area contributed by atoms with Crippen LogP contribution in [-0.4, -0.2) is 67.9 Å². The summed E-state index contributed by atoms with van der Waals surface area (Å²) in [5, 5.41) is 28.0. The first-order chi connectivity index (χ1) is 17.2. The Morgan fingerprint density at radius 2 is 2.09 bits per heavy atom. The van der Waals surface area contributed by atoms with Crippen molar-refractivity contribution in [1.29, 1.82) is 5.26 Å². The van der Waals surface area contributed by atoms with Crippen LogP contribution < -0.4 is 15.4 Å². The molecule has 11 heteroatoms. The number of rotatable bonds is 7. The molecule has 2 N–H and O–H groups in total.